The van der Waals surface area contributed by atoms with E-state index in [0.717, 1.165) is 41.6 Å². The Balaban J connectivity index is 1.25. The number of halogens is 1. The molecule has 1 saturated carbocycles. The molecule has 1 aliphatic heterocycles. The van der Waals surface area contributed by atoms with Crippen LogP contribution in [-0.2, 0) is 11.8 Å². The number of allylic oxidation sites excluding steroid dienone is 4. The molecule has 2 aromatic carbocycles. The first kappa shape index (κ1) is 59.9. The summed E-state index contributed by atoms with van der Waals surface area (Å²) in [6, 6.07) is 15.6. The molecule has 0 saturated heterocycles. The number of fused-ring (bicyclic) bond motifs is 1. The number of aliphatic hydroxyl groups is 1. The van der Waals surface area contributed by atoms with Gasteiger partial charge < -0.3 is 14.7 Å². The van der Waals surface area contributed by atoms with Gasteiger partial charge in [0.2, 0.25) is 11.4 Å². The Hall–Kier alpha value is -2.69. The second-order valence-electron chi connectivity index (χ2n) is 23.3. The fourth-order valence-electron chi connectivity index (χ4n) is 11.7. The molecule has 1 atom stereocenters. The maximum atomic E-state index is 9.37. The molecule has 1 fully saturated rings. The Bertz CT molecular complexity index is 1720. The van der Waals surface area contributed by atoms with Crippen LogP contribution in [0, 0.1) is 16.7 Å². The van der Waals surface area contributed by atoms with Crippen LogP contribution in [0.25, 0.3) is 0 Å². The van der Waals surface area contributed by atoms with Gasteiger partial charge in [0, 0.05) is 48.4 Å². The van der Waals surface area contributed by atoms with E-state index >= 15 is 0 Å². The number of nitrogens with zero attached hydrogens (tertiary/aromatic N) is 2. The lowest BCUT2D eigenvalue weighted by molar-refractivity contribution is -0.371. The zero-order valence-electron chi connectivity index (χ0n) is 46.5. The molecule has 1 N–H and O–H groups in total. The van der Waals surface area contributed by atoms with Crippen LogP contribution in [-0.4, -0.2) is 36.3 Å². The summed E-state index contributed by atoms with van der Waals surface area (Å²) in [5.41, 5.74) is 7.22. The third kappa shape index (κ3) is 22.2. The molecular formula is C65H107ClN2O2+2. The maximum Gasteiger partial charge on any atom is 0.217 e. The number of benzene rings is 2. The van der Waals surface area contributed by atoms with E-state index in [2.05, 4.69) is 89.6 Å². The monoisotopic (exact) mass is 983 g/mol. The van der Waals surface area contributed by atoms with Crippen LogP contribution in [0.3, 0.4) is 0 Å². The topological polar surface area (TPSA) is 35.7 Å². The highest BCUT2D eigenvalue weighted by atomic mass is 35.5. The number of ether oxygens (including phenoxy) is 1. The first-order valence-electron chi connectivity index (χ1n) is 29.8. The quantitative estimate of drug-likeness (QED) is 0.0313. The molecule has 4 rings (SSSR count). The third-order valence-corrected chi connectivity index (χ3v) is 16.6. The van der Waals surface area contributed by atoms with Crippen LogP contribution in [0.2, 0.25) is 0 Å². The van der Waals surface area contributed by atoms with Gasteiger partial charge in [0.15, 0.2) is 12.2 Å². The molecule has 0 aromatic heterocycles. The van der Waals surface area contributed by atoms with Gasteiger partial charge in [-0.15, -0.1) is 0 Å². The predicted octanol–water partition coefficient (Wildman–Crippen LogP) is 20.2. The van der Waals surface area contributed by atoms with Crippen molar-refractivity contribution in [3.63, 3.8) is 0 Å². The summed E-state index contributed by atoms with van der Waals surface area (Å²) in [5.74, 6) is 0.956. The molecular weight excluding hydrogens is 876 g/mol. The third-order valence-electron chi connectivity index (χ3n) is 16.0. The van der Waals surface area contributed by atoms with E-state index in [1.54, 1.807) is 0 Å². The minimum absolute atomic E-state index is 0.152. The second-order valence-corrected chi connectivity index (χ2v) is 23.7. The van der Waals surface area contributed by atoms with Crippen LogP contribution in [0.15, 0.2) is 65.9 Å². The first-order valence-corrected chi connectivity index (χ1v) is 30.1. The Morgan fingerprint density at radius 2 is 1.06 bits per heavy atom. The Morgan fingerprint density at radius 1 is 0.629 bits per heavy atom. The summed E-state index contributed by atoms with van der Waals surface area (Å²) in [5, 5.41) is 10.4. The minimum Gasteiger partial charge on any atom is -0.468 e. The van der Waals surface area contributed by atoms with E-state index in [4.69, 9.17) is 16.3 Å². The zero-order chi connectivity index (χ0) is 50.3. The summed E-state index contributed by atoms with van der Waals surface area (Å²) in [4.78, 5) is 2.71. The number of aliphatic hydroxyl groups excluding tert-OH is 1. The van der Waals surface area contributed by atoms with E-state index in [-0.39, 0.29) is 23.5 Å². The minimum atomic E-state index is -0.338. The van der Waals surface area contributed by atoms with Crippen LogP contribution in [0.4, 0.5) is 11.4 Å². The number of hydrogen-bond acceptors (Lipinski definition) is 3. The predicted molar refractivity (Wildman–Crippen MR) is 307 cm³/mol. The lowest BCUT2D eigenvalue weighted by Gasteiger charge is -2.35. The summed E-state index contributed by atoms with van der Waals surface area (Å²) in [6.07, 6.45) is 52.7. The van der Waals surface area contributed by atoms with Crippen molar-refractivity contribution in [3.8, 4) is 5.75 Å². The number of anilines is 1. The van der Waals surface area contributed by atoms with Gasteiger partial charge in [-0.25, -0.2) is 0 Å². The summed E-state index contributed by atoms with van der Waals surface area (Å²) >= 11 is 7.40. The lowest BCUT2D eigenvalue weighted by atomic mass is 9.68. The molecule has 1 heterocycles. The Kier molecular flexibility index (Phi) is 29.7. The standard InChI is InChI=1S/C65H107ClN2O2/c1-8-10-12-14-16-18-20-22-24-26-28-30-32-34-36-38-48-68(49-39-37-35-33-31-29-27-25-23-21-19-17-15-13-11-9-2)58-43-40-55(41-44-58)50-57-53-64(3,4)52-56(63(57)66)42-47-62-65(5,6)60-51-59(70-54-69)45-46-61(60)67(62)7/h40-47,51,57,69H,7-39,48-50,52-54H2,1-6H3/q+2/b56-42+,62-47+. The second kappa shape index (κ2) is 34.7. The summed E-state index contributed by atoms with van der Waals surface area (Å²) < 4.78 is 7.48. The van der Waals surface area contributed by atoms with Crippen molar-refractivity contribution in [3.05, 3.63) is 82.4 Å². The van der Waals surface area contributed by atoms with Crippen molar-refractivity contribution in [2.75, 3.05) is 24.8 Å². The van der Waals surface area contributed by atoms with E-state index in [1.807, 2.05) is 22.8 Å². The van der Waals surface area contributed by atoms with Crippen molar-refractivity contribution < 1.29 is 14.4 Å². The van der Waals surface area contributed by atoms with Gasteiger partial charge in [0.05, 0.1) is 23.5 Å². The molecule has 0 bridgehead atoms. The first-order chi connectivity index (χ1) is 34.0. The Labute approximate surface area is 438 Å². The van der Waals surface area contributed by atoms with E-state index in [9.17, 15) is 5.11 Å². The number of hydrogen-bond donors (Lipinski definition) is 1. The Morgan fingerprint density at radius 3 is 1.49 bits per heavy atom. The van der Waals surface area contributed by atoms with Crippen LogP contribution < -0.4 is 9.64 Å². The molecule has 1 unspecified atom stereocenters. The molecule has 70 heavy (non-hydrogen) atoms. The maximum absolute atomic E-state index is 9.37. The molecule has 0 radical (unpaired) electrons. The molecule has 5 heteroatoms. The number of unbranched alkanes of at least 4 members (excludes halogenated alkanes) is 30. The summed E-state index contributed by atoms with van der Waals surface area (Å²) in [6.45, 7) is 20.3. The average Bonchev–Trinajstić information content (AvgIpc) is 3.53. The van der Waals surface area contributed by atoms with Crippen LogP contribution in [0.5, 0.6) is 5.75 Å². The van der Waals surface area contributed by atoms with Crippen LogP contribution in [0.1, 0.15) is 271 Å². The molecule has 4 nitrogen and oxygen atoms in total. The van der Waals surface area contributed by atoms with Gasteiger partial charge in [-0.3, -0.25) is 0 Å². The van der Waals surface area contributed by atoms with Gasteiger partial charge in [-0.05, 0) is 74.8 Å². The molecule has 0 amide bonds. The largest absolute Gasteiger partial charge is 0.468 e. The van der Waals surface area contributed by atoms with Crippen molar-refractivity contribution >= 4 is 29.7 Å². The zero-order valence-corrected chi connectivity index (χ0v) is 47.2. The molecule has 1 aliphatic carbocycles. The summed E-state index contributed by atoms with van der Waals surface area (Å²) in [7, 11) is 0. The van der Waals surface area contributed by atoms with Crippen molar-refractivity contribution in [2.24, 2.45) is 11.3 Å². The fourth-order valence-corrected chi connectivity index (χ4v) is 12.0. The highest BCUT2D eigenvalue weighted by Crippen LogP contribution is 2.51. The van der Waals surface area contributed by atoms with Crippen molar-refractivity contribution in [2.45, 2.75) is 272 Å². The lowest BCUT2D eigenvalue weighted by Crippen LogP contribution is -2.29. The molecule has 394 valence electrons. The molecule has 2 aliphatic rings. The van der Waals surface area contributed by atoms with Gasteiger partial charge in [0.1, 0.15) is 18.0 Å². The molecule has 2 aromatic rings. The van der Waals surface area contributed by atoms with E-state index < -0.39 is 0 Å². The van der Waals surface area contributed by atoms with E-state index in [0.29, 0.717) is 5.75 Å². The smallest absolute Gasteiger partial charge is 0.217 e. The van der Waals surface area contributed by atoms with Crippen molar-refractivity contribution in [1.82, 2.24) is 0 Å². The van der Waals surface area contributed by atoms with Gasteiger partial charge in [0.25, 0.3) is 0 Å². The van der Waals surface area contributed by atoms with Crippen LogP contribution >= 0.6 is 11.6 Å². The molecule has 0 spiro atoms. The van der Waals surface area contributed by atoms with E-state index in [1.165, 1.54) is 235 Å². The number of rotatable bonds is 40. The van der Waals surface area contributed by atoms with Crippen molar-refractivity contribution in [1.29, 1.82) is 0 Å². The highest BCUT2D eigenvalue weighted by Gasteiger charge is 2.47. The normalized spacial score (nSPS) is 17.5. The van der Waals surface area contributed by atoms with Gasteiger partial charge in [-0.1, -0.05) is 232 Å². The average molecular weight is 984 g/mol. The fraction of sp³-hybridized carbons (Fsp3) is 0.723. The highest BCUT2D eigenvalue weighted by molar-refractivity contribution is 6.29. The SMILES string of the molecule is C=[N+]1/C(=C/C=C2\CC(C)(C)CC(Cc3ccc(N(CCCCCCCCCCCCCCCCCC)CCCCCCCCCCCCCCCCCC)cc3)[C+]2Cl)C(C)(C)c2cc(OCO)ccc21. The van der Waals surface area contributed by atoms with Gasteiger partial charge in [-0.2, -0.15) is 4.58 Å². The van der Waals surface area contributed by atoms with Gasteiger partial charge >= 0.3 is 0 Å².